The number of carbonyl (C=O) groups is 3. The molecule has 0 aliphatic rings. The molecular formula is C20H23ClN4O4. The lowest BCUT2D eigenvalue weighted by Crippen LogP contribution is -2.43. The van der Waals surface area contributed by atoms with Gasteiger partial charge < -0.3 is 20.7 Å². The van der Waals surface area contributed by atoms with E-state index in [0.29, 0.717) is 5.02 Å². The summed E-state index contributed by atoms with van der Waals surface area (Å²) in [5, 5.41) is 7.99. The fraction of sp³-hybridized carbons (Fsp3) is 0.300. The molecule has 3 amide bonds. The van der Waals surface area contributed by atoms with E-state index in [1.807, 2.05) is 6.07 Å². The van der Waals surface area contributed by atoms with Gasteiger partial charge in [-0.15, -0.1) is 0 Å². The minimum absolute atomic E-state index is 0.0104. The van der Waals surface area contributed by atoms with Crippen LogP contribution in [0.1, 0.15) is 32.4 Å². The summed E-state index contributed by atoms with van der Waals surface area (Å²) in [6.07, 6.45) is 0.723. The van der Waals surface area contributed by atoms with Crippen molar-refractivity contribution < 1.29 is 19.1 Å². The van der Waals surface area contributed by atoms with E-state index in [-0.39, 0.29) is 12.4 Å². The molecule has 8 nitrogen and oxygen atoms in total. The maximum Gasteiger partial charge on any atom is 0.408 e. The second kappa shape index (κ2) is 9.88. The fourth-order valence-electron chi connectivity index (χ4n) is 2.29. The van der Waals surface area contributed by atoms with Crippen LogP contribution in [0, 0.1) is 0 Å². The average molecular weight is 419 g/mol. The van der Waals surface area contributed by atoms with Gasteiger partial charge in [-0.3, -0.25) is 9.59 Å². The van der Waals surface area contributed by atoms with Gasteiger partial charge in [-0.25, -0.2) is 9.78 Å². The summed E-state index contributed by atoms with van der Waals surface area (Å²) in [7, 11) is 0. The number of carbonyl (C=O) groups excluding carboxylic acids is 3. The maximum atomic E-state index is 12.1. The Bertz CT molecular complexity index is 851. The van der Waals surface area contributed by atoms with Gasteiger partial charge in [-0.2, -0.15) is 0 Å². The lowest BCUT2D eigenvalue weighted by molar-refractivity contribution is -0.136. The molecule has 0 aliphatic heterocycles. The van der Waals surface area contributed by atoms with E-state index in [1.54, 1.807) is 45.0 Å². The smallest absolute Gasteiger partial charge is 0.408 e. The largest absolute Gasteiger partial charge is 0.444 e. The van der Waals surface area contributed by atoms with E-state index < -0.39 is 29.6 Å². The lowest BCUT2D eigenvalue weighted by Gasteiger charge is -2.24. The van der Waals surface area contributed by atoms with Crippen molar-refractivity contribution >= 4 is 35.3 Å². The molecule has 1 atom stereocenters. The molecular weight excluding hydrogens is 396 g/mol. The monoisotopic (exact) mass is 418 g/mol. The number of nitrogens with zero attached hydrogens (tertiary/aromatic N) is 1. The summed E-state index contributed by atoms with van der Waals surface area (Å²) >= 11 is 5.74. The van der Waals surface area contributed by atoms with E-state index in [9.17, 15) is 14.4 Å². The maximum absolute atomic E-state index is 12.1. The van der Waals surface area contributed by atoms with Gasteiger partial charge in [0.05, 0.1) is 11.1 Å². The molecule has 2 aromatic rings. The van der Waals surface area contributed by atoms with Crippen molar-refractivity contribution in [2.75, 3.05) is 11.9 Å². The molecule has 3 N–H and O–H groups in total. The van der Waals surface area contributed by atoms with Gasteiger partial charge >= 0.3 is 17.9 Å². The van der Waals surface area contributed by atoms with Crippen molar-refractivity contribution in [2.24, 2.45) is 0 Å². The Balaban J connectivity index is 1.99. The number of halogens is 1. The van der Waals surface area contributed by atoms with Gasteiger partial charge in [0.25, 0.3) is 0 Å². The number of aromatic nitrogens is 1. The van der Waals surface area contributed by atoms with Crippen LogP contribution in [0.2, 0.25) is 5.02 Å². The highest BCUT2D eigenvalue weighted by atomic mass is 35.5. The van der Waals surface area contributed by atoms with Gasteiger partial charge in [0.1, 0.15) is 11.4 Å². The molecule has 1 aromatic carbocycles. The van der Waals surface area contributed by atoms with Crippen molar-refractivity contribution in [3.05, 3.63) is 59.2 Å². The zero-order chi connectivity index (χ0) is 21.4. The average Bonchev–Trinajstić information content (AvgIpc) is 2.65. The molecule has 0 spiro atoms. The number of anilines is 1. The quantitative estimate of drug-likeness (QED) is 0.646. The summed E-state index contributed by atoms with van der Waals surface area (Å²) in [5.41, 5.74) is 0.0819. The Morgan fingerprint density at radius 1 is 1.07 bits per heavy atom. The van der Waals surface area contributed by atoms with Crippen molar-refractivity contribution in [3.63, 3.8) is 0 Å². The van der Waals surface area contributed by atoms with Crippen LogP contribution in [0.5, 0.6) is 0 Å². The van der Waals surface area contributed by atoms with Crippen molar-refractivity contribution in [1.29, 1.82) is 0 Å². The molecule has 1 aromatic heterocycles. The number of rotatable bonds is 5. The van der Waals surface area contributed by atoms with Crippen LogP contribution in [0.15, 0.2) is 48.7 Å². The van der Waals surface area contributed by atoms with Crippen molar-refractivity contribution in [3.8, 4) is 0 Å². The Kier molecular flexibility index (Phi) is 7.55. The Morgan fingerprint density at radius 3 is 2.34 bits per heavy atom. The third kappa shape index (κ3) is 7.79. The number of benzene rings is 1. The molecule has 154 valence electrons. The second-order valence-electron chi connectivity index (χ2n) is 7.14. The molecule has 1 unspecified atom stereocenters. The summed E-state index contributed by atoms with van der Waals surface area (Å²) in [6, 6.07) is 11.5. The lowest BCUT2D eigenvalue weighted by atomic mass is 10.1. The Hall–Kier alpha value is -3.13. The normalized spacial score (nSPS) is 11.9. The third-order valence-electron chi connectivity index (χ3n) is 3.53. The van der Waals surface area contributed by atoms with E-state index in [2.05, 4.69) is 20.9 Å². The van der Waals surface area contributed by atoms with Gasteiger partial charge in [0.15, 0.2) is 0 Å². The molecule has 0 saturated heterocycles. The molecule has 0 saturated carbocycles. The first-order valence-electron chi connectivity index (χ1n) is 8.89. The highest BCUT2D eigenvalue weighted by Gasteiger charge is 2.22. The van der Waals surface area contributed by atoms with Crippen LogP contribution >= 0.6 is 11.6 Å². The Labute approximate surface area is 174 Å². The molecule has 0 fully saturated rings. The molecule has 9 heteroatoms. The van der Waals surface area contributed by atoms with Crippen LogP contribution in [0.3, 0.4) is 0 Å². The van der Waals surface area contributed by atoms with Crippen LogP contribution in [-0.4, -0.2) is 35.0 Å². The van der Waals surface area contributed by atoms with E-state index in [4.69, 9.17) is 16.3 Å². The number of alkyl carbamates (subject to hydrolysis) is 1. The summed E-state index contributed by atoms with van der Waals surface area (Å²) in [5.74, 6) is -1.56. The summed E-state index contributed by atoms with van der Waals surface area (Å²) in [4.78, 5) is 40.2. The van der Waals surface area contributed by atoms with Crippen LogP contribution in [0.4, 0.5) is 10.6 Å². The molecule has 2 rings (SSSR count). The summed E-state index contributed by atoms with van der Waals surface area (Å²) in [6.45, 7) is 5.24. The fourth-order valence-corrected chi connectivity index (χ4v) is 2.40. The van der Waals surface area contributed by atoms with E-state index >= 15 is 0 Å². The first-order valence-corrected chi connectivity index (χ1v) is 9.27. The zero-order valence-electron chi connectivity index (χ0n) is 16.4. The number of ether oxygens (including phenoxy) is 1. The predicted octanol–water partition coefficient (Wildman–Crippen LogP) is 3.06. The predicted molar refractivity (Wildman–Crippen MR) is 109 cm³/mol. The minimum atomic E-state index is -0.885. The number of hydrogen-bond acceptors (Lipinski definition) is 5. The Morgan fingerprint density at radius 2 is 1.76 bits per heavy atom. The van der Waals surface area contributed by atoms with Crippen LogP contribution < -0.4 is 16.0 Å². The SMILES string of the molecule is CC(C)(C)OC(=O)NC(CNC(=O)C(=O)Nc1ccc(Cl)cn1)c1ccccc1. The van der Waals surface area contributed by atoms with Crippen molar-refractivity contribution in [1.82, 2.24) is 15.6 Å². The topological polar surface area (TPSA) is 109 Å². The third-order valence-corrected chi connectivity index (χ3v) is 3.76. The van der Waals surface area contributed by atoms with Crippen LogP contribution in [-0.2, 0) is 14.3 Å². The highest BCUT2D eigenvalue weighted by Crippen LogP contribution is 2.14. The highest BCUT2D eigenvalue weighted by molar-refractivity contribution is 6.39. The zero-order valence-corrected chi connectivity index (χ0v) is 17.1. The standard InChI is InChI=1S/C20H23ClN4O4/c1-20(2,3)29-19(28)24-15(13-7-5-4-6-8-13)12-23-17(26)18(27)25-16-10-9-14(21)11-22-16/h4-11,15H,12H2,1-3H3,(H,23,26)(H,24,28)(H,22,25,27). The molecule has 1 heterocycles. The number of pyridine rings is 1. The molecule has 0 aliphatic carbocycles. The first kappa shape index (κ1) is 22.2. The van der Waals surface area contributed by atoms with Gasteiger partial charge in [-0.1, -0.05) is 41.9 Å². The first-order chi connectivity index (χ1) is 13.6. The minimum Gasteiger partial charge on any atom is -0.444 e. The van der Waals surface area contributed by atoms with Gasteiger partial charge in [0.2, 0.25) is 0 Å². The second-order valence-corrected chi connectivity index (χ2v) is 7.57. The van der Waals surface area contributed by atoms with E-state index in [0.717, 1.165) is 5.56 Å². The number of hydrogen-bond donors (Lipinski definition) is 3. The van der Waals surface area contributed by atoms with Crippen molar-refractivity contribution in [2.45, 2.75) is 32.4 Å². The molecule has 0 radical (unpaired) electrons. The molecule has 0 bridgehead atoms. The summed E-state index contributed by atoms with van der Waals surface area (Å²) < 4.78 is 5.27. The molecule has 29 heavy (non-hydrogen) atoms. The van der Waals surface area contributed by atoms with E-state index in [1.165, 1.54) is 18.3 Å². The van der Waals surface area contributed by atoms with Gasteiger partial charge in [-0.05, 0) is 38.5 Å². The van der Waals surface area contributed by atoms with Crippen LogP contribution in [0.25, 0.3) is 0 Å². The van der Waals surface area contributed by atoms with Gasteiger partial charge in [0, 0.05) is 12.7 Å². The number of nitrogens with one attached hydrogen (secondary N) is 3. The number of amides is 3.